The first-order valence-corrected chi connectivity index (χ1v) is 9.57. The van der Waals surface area contributed by atoms with Crippen LogP contribution in [0.1, 0.15) is 19.3 Å². The average molecular weight is 299 g/mol. The topological polar surface area (TPSA) is 46.2 Å². The van der Waals surface area contributed by atoms with E-state index in [2.05, 4.69) is 5.32 Å². The van der Waals surface area contributed by atoms with Gasteiger partial charge in [-0.25, -0.2) is 8.42 Å². The Labute approximate surface area is 120 Å². The highest BCUT2D eigenvalue weighted by atomic mass is 32.2. The van der Waals surface area contributed by atoms with Crippen molar-refractivity contribution in [3.8, 4) is 0 Å². The predicted octanol–water partition coefficient (Wildman–Crippen LogP) is 2.57. The van der Waals surface area contributed by atoms with Crippen molar-refractivity contribution in [2.24, 2.45) is 5.92 Å². The lowest BCUT2D eigenvalue weighted by Gasteiger charge is -2.22. The zero-order valence-corrected chi connectivity index (χ0v) is 12.9. The Morgan fingerprint density at radius 3 is 2.42 bits per heavy atom. The Hall–Kier alpha value is -0.520. The van der Waals surface area contributed by atoms with Gasteiger partial charge in [-0.15, -0.1) is 11.8 Å². The molecule has 1 heterocycles. The first-order valence-electron chi connectivity index (χ1n) is 6.69. The first-order chi connectivity index (χ1) is 9.05. The second-order valence-corrected chi connectivity index (χ2v) is 8.26. The van der Waals surface area contributed by atoms with E-state index in [-0.39, 0.29) is 0 Å². The van der Waals surface area contributed by atoms with Gasteiger partial charge in [0.25, 0.3) is 0 Å². The molecular weight excluding hydrogens is 278 g/mol. The highest BCUT2D eigenvalue weighted by Gasteiger charge is 2.12. The number of hydrogen-bond donors (Lipinski definition) is 1. The van der Waals surface area contributed by atoms with Gasteiger partial charge in [-0.2, -0.15) is 0 Å². The molecule has 0 bridgehead atoms. The lowest BCUT2D eigenvalue weighted by molar-refractivity contribution is 0.367. The molecule has 0 unspecified atom stereocenters. The zero-order chi connectivity index (χ0) is 13.7. The van der Waals surface area contributed by atoms with Gasteiger partial charge in [0, 0.05) is 11.2 Å². The van der Waals surface area contributed by atoms with E-state index in [4.69, 9.17) is 0 Å². The van der Waals surface area contributed by atoms with E-state index in [0.29, 0.717) is 4.90 Å². The molecule has 0 atom stereocenters. The van der Waals surface area contributed by atoms with Gasteiger partial charge >= 0.3 is 0 Å². The number of piperidine rings is 1. The highest BCUT2D eigenvalue weighted by molar-refractivity contribution is 7.99. The van der Waals surface area contributed by atoms with Crippen molar-refractivity contribution in [2.75, 3.05) is 25.1 Å². The second kappa shape index (κ2) is 6.77. The molecule has 1 N–H and O–H groups in total. The van der Waals surface area contributed by atoms with Crippen LogP contribution in [0.25, 0.3) is 0 Å². The van der Waals surface area contributed by atoms with E-state index in [1.807, 2.05) is 23.9 Å². The smallest absolute Gasteiger partial charge is 0.175 e. The van der Waals surface area contributed by atoms with Crippen LogP contribution in [0.4, 0.5) is 0 Å². The summed E-state index contributed by atoms with van der Waals surface area (Å²) >= 11 is 1.82. The summed E-state index contributed by atoms with van der Waals surface area (Å²) in [7, 11) is -3.07. The molecule has 1 aliphatic rings. The van der Waals surface area contributed by atoms with Crippen LogP contribution in [0.2, 0.25) is 0 Å². The zero-order valence-electron chi connectivity index (χ0n) is 11.3. The summed E-state index contributed by atoms with van der Waals surface area (Å²) in [5.74, 6) is 1.96. The molecule has 0 aromatic heterocycles. The number of thioether (sulfide) groups is 1. The fourth-order valence-electron chi connectivity index (χ4n) is 2.30. The average Bonchev–Trinajstić information content (AvgIpc) is 2.39. The molecule has 19 heavy (non-hydrogen) atoms. The molecule has 5 heteroatoms. The first kappa shape index (κ1) is 14.9. The third-order valence-electron chi connectivity index (χ3n) is 3.51. The molecule has 1 aromatic carbocycles. The molecule has 2 rings (SSSR count). The van der Waals surface area contributed by atoms with Crippen molar-refractivity contribution in [1.29, 1.82) is 0 Å². The van der Waals surface area contributed by atoms with Crippen LogP contribution in [0, 0.1) is 5.92 Å². The van der Waals surface area contributed by atoms with Crippen LogP contribution in [-0.2, 0) is 9.84 Å². The molecule has 3 nitrogen and oxygen atoms in total. The molecule has 106 valence electrons. The van der Waals surface area contributed by atoms with Crippen LogP contribution in [0.5, 0.6) is 0 Å². The van der Waals surface area contributed by atoms with Gasteiger partial charge in [-0.3, -0.25) is 0 Å². The van der Waals surface area contributed by atoms with E-state index in [1.165, 1.54) is 25.5 Å². The Balaban J connectivity index is 1.80. The minimum absolute atomic E-state index is 0.398. The van der Waals surface area contributed by atoms with Crippen LogP contribution < -0.4 is 5.32 Å². The maximum Gasteiger partial charge on any atom is 0.175 e. The van der Waals surface area contributed by atoms with Gasteiger partial charge in [0.1, 0.15) is 0 Å². The van der Waals surface area contributed by atoms with E-state index in [1.54, 1.807) is 12.1 Å². The molecule has 1 aliphatic heterocycles. The number of benzene rings is 1. The normalized spacial score (nSPS) is 17.5. The summed E-state index contributed by atoms with van der Waals surface area (Å²) < 4.78 is 22.7. The second-order valence-electron chi connectivity index (χ2n) is 5.07. The van der Waals surface area contributed by atoms with Crippen molar-refractivity contribution < 1.29 is 8.42 Å². The lowest BCUT2D eigenvalue weighted by Crippen LogP contribution is -2.27. The largest absolute Gasteiger partial charge is 0.317 e. The summed E-state index contributed by atoms with van der Waals surface area (Å²) in [5, 5.41) is 3.38. The summed E-state index contributed by atoms with van der Waals surface area (Å²) in [6, 6.07) is 7.21. The molecule has 0 amide bonds. The van der Waals surface area contributed by atoms with Crippen molar-refractivity contribution >= 4 is 21.6 Å². The molecule has 1 saturated heterocycles. The van der Waals surface area contributed by atoms with Crippen molar-refractivity contribution in [3.05, 3.63) is 24.3 Å². The van der Waals surface area contributed by atoms with Gasteiger partial charge in [0.05, 0.1) is 4.90 Å². The van der Waals surface area contributed by atoms with Gasteiger partial charge in [-0.1, -0.05) is 0 Å². The highest BCUT2D eigenvalue weighted by Crippen LogP contribution is 2.24. The van der Waals surface area contributed by atoms with Gasteiger partial charge in [-0.05, 0) is 68.3 Å². The van der Waals surface area contributed by atoms with Gasteiger partial charge in [0.2, 0.25) is 0 Å². The predicted molar refractivity (Wildman–Crippen MR) is 80.5 cm³/mol. The maximum absolute atomic E-state index is 11.4. The Morgan fingerprint density at radius 2 is 1.84 bits per heavy atom. The van der Waals surface area contributed by atoms with Gasteiger partial charge in [0.15, 0.2) is 9.84 Å². The quantitative estimate of drug-likeness (QED) is 0.849. The summed E-state index contributed by atoms with van der Waals surface area (Å²) in [4.78, 5) is 1.55. The number of hydrogen-bond acceptors (Lipinski definition) is 4. The fraction of sp³-hybridized carbons (Fsp3) is 0.571. The number of nitrogens with one attached hydrogen (secondary N) is 1. The SMILES string of the molecule is CS(=O)(=O)c1ccc(SCCC2CCNCC2)cc1. The monoisotopic (exact) mass is 299 g/mol. The Kier molecular flexibility index (Phi) is 5.30. The Bertz CT molecular complexity index is 491. The van der Waals surface area contributed by atoms with Crippen LogP contribution in [0.15, 0.2) is 34.1 Å². The third kappa shape index (κ3) is 4.82. The van der Waals surface area contributed by atoms with Crippen LogP contribution >= 0.6 is 11.8 Å². The molecule has 0 aliphatic carbocycles. The van der Waals surface area contributed by atoms with E-state index >= 15 is 0 Å². The molecule has 0 radical (unpaired) electrons. The van der Waals surface area contributed by atoms with Crippen molar-refractivity contribution in [1.82, 2.24) is 5.32 Å². The lowest BCUT2D eigenvalue weighted by atomic mass is 9.96. The molecule has 1 aromatic rings. The fourth-order valence-corrected chi connectivity index (χ4v) is 3.94. The maximum atomic E-state index is 11.4. The van der Waals surface area contributed by atoms with Gasteiger partial charge < -0.3 is 5.32 Å². The minimum atomic E-state index is -3.07. The van der Waals surface area contributed by atoms with E-state index in [0.717, 1.165) is 29.7 Å². The standard InChI is InChI=1S/C14H21NO2S2/c1-19(16,17)14-4-2-13(3-5-14)18-11-8-12-6-9-15-10-7-12/h2-5,12,15H,6-11H2,1H3. The van der Waals surface area contributed by atoms with Crippen LogP contribution in [0.3, 0.4) is 0 Å². The molecular formula is C14H21NO2S2. The third-order valence-corrected chi connectivity index (χ3v) is 5.68. The van der Waals surface area contributed by atoms with Crippen LogP contribution in [-0.4, -0.2) is 33.5 Å². The number of sulfone groups is 1. The summed E-state index contributed by atoms with van der Waals surface area (Å²) in [6.45, 7) is 2.30. The molecule has 0 spiro atoms. The van der Waals surface area contributed by atoms with Crippen molar-refractivity contribution in [3.63, 3.8) is 0 Å². The van der Waals surface area contributed by atoms with E-state index < -0.39 is 9.84 Å². The Morgan fingerprint density at radius 1 is 1.21 bits per heavy atom. The summed E-state index contributed by atoms with van der Waals surface area (Å²) in [6.07, 6.45) is 5.06. The van der Waals surface area contributed by atoms with Crippen molar-refractivity contribution in [2.45, 2.75) is 29.1 Å². The van der Waals surface area contributed by atoms with E-state index in [9.17, 15) is 8.42 Å². The number of rotatable bonds is 5. The minimum Gasteiger partial charge on any atom is -0.317 e. The summed E-state index contributed by atoms with van der Waals surface area (Å²) in [5.41, 5.74) is 0. The molecule has 1 fully saturated rings. The molecule has 0 saturated carbocycles.